The molecule has 1 aliphatic rings. The molecule has 1 aliphatic carbocycles. The van der Waals surface area contributed by atoms with E-state index in [1.165, 1.54) is 0 Å². The van der Waals surface area contributed by atoms with Gasteiger partial charge in [-0.25, -0.2) is 0 Å². The molecule has 0 aliphatic heterocycles. The highest BCUT2D eigenvalue weighted by molar-refractivity contribution is 9.10. The minimum atomic E-state index is -0.0474. The van der Waals surface area contributed by atoms with E-state index in [1.807, 2.05) is 0 Å². The molecule has 0 saturated heterocycles. The lowest BCUT2D eigenvalue weighted by molar-refractivity contribution is 0.0934. The van der Waals surface area contributed by atoms with E-state index in [9.17, 15) is 4.79 Å². The van der Waals surface area contributed by atoms with Crippen LogP contribution in [0.15, 0.2) is 34.8 Å². The largest absolute Gasteiger partial charge is 0.349 e. The summed E-state index contributed by atoms with van der Waals surface area (Å²) in [6.07, 6.45) is 7.23. The molecule has 1 N–H and O–H groups in total. The van der Waals surface area contributed by atoms with Gasteiger partial charge >= 0.3 is 0 Å². The van der Waals surface area contributed by atoms with Gasteiger partial charge in [0.2, 0.25) is 0 Å². The van der Waals surface area contributed by atoms with Gasteiger partial charge in [0.25, 0.3) is 5.91 Å². The zero-order valence-electron chi connectivity index (χ0n) is 9.25. The second kappa shape index (κ2) is 5.69. The van der Waals surface area contributed by atoms with Crippen LogP contribution in [0, 0.1) is 0 Å². The Kier molecular flexibility index (Phi) is 4.24. The lowest BCUT2D eigenvalue weighted by Gasteiger charge is -2.19. The first-order valence-electron chi connectivity index (χ1n) is 5.58. The first kappa shape index (κ1) is 12.7. The molecule has 0 radical (unpaired) electrons. The number of nitrogens with one attached hydrogen (secondary N) is 1. The van der Waals surface area contributed by atoms with Gasteiger partial charge in [0, 0.05) is 15.5 Å². The summed E-state index contributed by atoms with van der Waals surface area (Å²) in [6.45, 7) is 0. The van der Waals surface area contributed by atoms with Gasteiger partial charge in [0.05, 0.1) is 5.56 Å². The molecule has 0 saturated carbocycles. The number of halogens is 2. The summed E-state index contributed by atoms with van der Waals surface area (Å²) in [5, 5.41) is 3.65. The summed E-state index contributed by atoms with van der Waals surface area (Å²) >= 11 is 9.20. The van der Waals surface area contributed by atoms with Crippen LogP contribution in [0.1, 0.15) is 29.6 Å². The topological polar surface area (TPSA) is 29.1 Å². The fraction of sp³-hybridized carbons (Fsp3) is 0.308. The van der Waals surface area contributed by atoms with Gasteiger partial charge in [-0.15, -0.1) is 0 Å². The maximum Gasteiger partial charge on any atom is 0.252 e. The van der Waals surface area contributed by atoms with Crippen molar-refractivity contribution in [3.05, 3.63) is 45.4 Å². The Morgan fingerprint density at radius 3 is 2.88 bits per heavy atom. The van der Waals surface area contributed by atoms with Crippen molar-refractivity contribution in [1.82, 2.24) is 5.32 Å². The standard InChI is InChI=1S/C13H13BrClNO/c14-12-8-9(15)6-7-11(12)13(17)16-10-4-2-1-3-5-10/h1-2,6-8,10H,3-5H2,(H,16,17). The lowest BCUT2D eigenvalue weighted by Crippen LogP contribution is -2.35. The predicted octanol–water partition coefficient (Wildman–Crippen LogP) is 3.94. The summed E-state index contributed by atoms with van der Waals surface area (Å²) < 4.78 is 0.730. The first-order chi connectivity index (χ1) is 8.16. The molecule has 4 heteroatoms. The minimum Gasteiger partial charge on any atom is -0.349 e. The van der Waals surface area contributed by atoms with Crippen LogP contribution in [0.4, 0.5) is 0 Å². The van der Waals surface area contributed by atoms with Crippen molar-refractivity contribution >= 4 is 33.4 Å². The number of carbonyl (C=O) groups is 1. The van der Waals surface area contributed by atoms with Gasteiger partial charge in [0.1, 0.15) is 0 Å². The van der Waals surface area contributed by atoms with E-state index in [2.05, 4.69) is 33.4 Å². The van der Waals surface area contributed by atoms with Crippen molar-refractivity contribution in [3.8, 4) is 0 Å². The van der Waals surface area contributed by atoms with E-state index in [-0.39, 0.29) is 11.9 Å². The monoisotopic (exact) mass is 313 g/mol. The molecular formula is C13H13BrClNO. The van der Waals surface area contributed by atoms with E-state index in [1.54, 1.807) is 18.2 Å². The second-order valence-corrected chi connectivity index (χ2v) is 5.37. The number of benzene rings is 1. The fourth-order valence-electron chi connectivity index (χ4n) is 1.86. The Balaban J connectivity index is 2.06. The van der Waals surface area contributed by atoms with E-state index in [4.69, 9.17) is 11.6 Å². The van der Waals surface area contributed by atoms with Crippen LogP contribution in [-0.4, -0.2) is 11.9 Å². The zero-order valence-corrected chi connectivity index (χ0v) is 11.6. The Hall–Kier alpha value is -0.800. The Bertz CT molecular complexity index is 459. The zero-order chi connectivity index (χ0) is 12.3. The molecular weight excluding hydrogens is 302 g/mol. The molecule has 1 atom stereocenters. The van der Waals surface area contributed by atoms with Crippen LogP contribution in [0.5, 0.6) is 0 Å². The molecule has 1 amide bonds. The van der Waals surface area contributed by atoms with E-state index in [0.717, 1.165) is 23.7 Å². The molecule has 90 valence electrons. The minimum absolute atomic E-state index is 0.0474. The van der Waals surface area contributed by atoms with Gasteiger partial charge in [-0.1, -0.05) is 23.8 Å². The van der Waals surface area contributed by atoms with Crippen molar-refractivity contribution < 1.29 is 4.79 Å². The van der Waals surface area contributed by atoms with Gasteiger partial charge in [-0.2, -0.15) is 0 Å². The van der Waals surface area contributed by atoms with E-state index >= 15 is 0 Å². The Labute approximate surface area is 114 Å². The normalized spacial score (nSPS) is 19.1. The Morgan fingerprint density at radius 2 is 2.24 bits per heavy atom. The SMILES string of the molecule is O=C(NC1CC=CCC1)c1ccc(Cl)cc1Br. The molecule has 1 aromatic carbocycles. The molecule has 2 rings (SSSR count). The van der Waals surface area contributed by atoms with E-state index < -0.39 is 0 Å². The van der Waals surface area contributed by atoms with Crippen LogP contribution in [0.2, 0.25) is 5.02 Å². The second-order valence-electron chi connectivity index (χ2n) is 4.08. The molecule has 0 bridgehead atoms. The number of rotatable bonds is 2. The van der Waals surface area contributed by atoms with E-state index in [0.29, 0.717) is 10.6 Å². The molecule has 0 aromatic heterocycles. The number of allylic oxidation sites excluding steroid dienone is 1. The van der Waals surface area contributed by atoms with Crippen LogP contribution < -0.4 is 5.32 Å². The average Bonchev–Trinajstić information content (AvgIpc) is 2.30. The highest BCUT2D eigenvalue weighted by Crippen LogP contribution is 2.22. The summed E-state index contributed by atoms with van der Waals surface area (Å²) in [6, 6.07) is 5.44. The molecule has 1 unspecified atom stereocenters. The third-order valence-corrected chi connectivity index (χ3v) is 3.67. The molecule has 17 heavy (non-hydrogen) atoms. The van der Waals surface area contributed by atoms with Crippen LogP contribution in [-0.2, 0) is 0 Å². The van der Waals surface area contributed by atoms with Gasteiger partial charge < -0.3 is 5.32 Å². The number of hydrogen-bond donors (Lipinski definition) is 1. The van der Waals surface area contributed by atoms with Crippen LogP contribution >= 0.6 is 27.5 Å². The van der Waals surface area contributed by atoms with Crippen LogP contribution in [0.3, 0.4) is 0 Å². The van der Waals surface area contributed by atoms with Crippen LogP contribution in [0.25, 0.3) is 0 Å². The fourth-order valence-corrected chi connectivity index (χ4v) is 2.72. The summed E-state index contributed by atoms with van der Waals surface area (Å²) in [7, 11) is 0. The summed E-state index contributed by atoms with van der Waals surface area (Å²) in [5.74, 6) is -0.0474. The van der Waals surface area contributed by atoms with Gasteiger partial charge in [-0.05, 0) is 53.4 Å². The lowest BCUT2D eigenvalue weighted by atomic mass is 10.0. The van der Waals surface area contributed by atoms with Gasteiger partial charge in [-0.3, -0.25) is 4.79 Å². The molecule has 0 fully saturated rings. The smallest absolute Gasteiger partial charge is 0.252 e. The summed E-state index contributed by atoms with van der Waals surface area (Å²) in [4.78, 5) is 12.0. The molecule has 0 spiro atoms. The van der Waals surface area contributed by atoms with Crippen molar-refractivity contribution in [2.45, 2.75) is 25.3 Å². The van der Waals surface area contributed by atoms with Crippen molar-refractivity contribution in [2.75, 3.05) is 0 Å². The highest BCUT2D eigenvalue weighted by atomic mass is 79.9. The third-order valence-electron chi connectivity index (χ3n) is 2.78. The number of amides is 1. The first-order valence-corrected chi connectivity index (χ1v) is 6.75. The Morgan fingerprint density at radius 1 is 1.41 bits per heavy atom. The maximum atomic E-state index is 12.0. The highest BCUT2D eigenvalue weighted by Gasteiger charge is 2.16. The molecule has 0 heterocycles. The van der Waals surface area contributed by atoms with Crippen molar-refractivity contribution in [2.24, 2.45) is 0 Å². The summed E-state index contributed by atoms with van der Waals surface area (Å²) in [5.41, 5.74) is 0.629. The third kappa shape index (κ3) is 3.33. The number of carbonyl (C=O) groups excluding carboxylic acids is 1. The maximum absolute atomic E-state index is 12.0. The quantitative estimate of drug-likeness (QED) is 0.823. The average molecular weight is 315 g/mol. The van der Waals surface area contributed by atoms with Crippen molar-refractivity contribution in [1.29, 1.82) is 0 Å². The number of hydrogen-bond acceptors (Lipinski definition) is 1. The van der Waals surface area contributed by atoms with Gasteiger partial charge in [0.15, 0.2) is 0 Å². The van der Waals surface area contributed by atoms with Crippen molar-refractivity contribution in [3.63, 3.8) is 0 Å². The predicted molar refractivity (Wildman–Crippen MR) is 73.4 cm³/mol. The molecule has 1 aromatic rings. The molecule has 2 nitrogen and oxygen atoms in total.